The van der Waals surface area contributed by atoms with Gasteiger partial charge in [-0.3, -0.25) is 14.8 Å². The Hall–Kier alpha value is -3.70. The third-order valence-electron chi connectivity index (χ3n) is 6.46. The summed E-state index contributed by atoms with van der Waals surface area (Å²) in [7, 11) is 1.74. The van der Waals surface area contributed by atoms with Gasteiger partial charge >= 0.3 is 6.18 Å². The standard InChI is InChI=1S/C23H25F3N8O/c1-12-11-13(5-8-23(24,25)26)18-16(28-12)4-3-15(29-18)14-6-10-34-19(14)20(27)31-22(32-34)30-17-7-9-33(2)21(17)35/h3-4,6,10,13,17H,5,7-9,11H2,1-2H3,(H3,27,30,31,32)/t13?,17-/m1/s1. The van der Waals surface area contributed by atoms with Crippen molar-refractivity contribution in [3.8, 4) is 11.3 Å². The first-order chi connectivity index (χ1) is 16.6. The minimum Gasteiger partial charge on any atom is -0.382 e. The highest BCUT2D eigenvalue weighted by Gasteiger charge is 2.32. The zero-order valence-electron chi connectivity index (χ0n) is 19.3. The maximum absolute atomic E-state index is 12.9. The first-order valence-corrected chi connectivity index (χ1v) is 11.4. The number of nitrogens with zero attached hydrogens (tertiary/aromatic N) is 6. The van der Waals surface area contributed by atoms with Crippen molar-refractivity contribution < 1.29 is 18.0 Å². The van der Waals surface area contributed by atoms with Crippen LogP contribution < -0.4 is 11.1 Å². The summed E-state index contributed by atoms with van der Waals surface area (Å²) in [6, 6.07) is 4.93. The average Bonchev–Trinajstić information content (AvgIpc) is 3.36. The number of nitrogen functional groups attached to an aromatic ring is 1. The fourth-order valence-corrected chi connectivity index (χ4v) is 4.73. The number of fused-ring (bicyclic) bond motifs is 2. The summed E-state index contributed by atoms with van der Waals surface area (Å²) >= 11 is 0. The van der Waals surface area contributed by atoms with Crippen LogP contribution in [0.1, 0.15) is 44.2 Å². The third kappa shape index (κ3) is 4.52. The zero-order valence-corrected chi connectivity index (χ0v) is 19.3. The number of alkyl halides is 3. The van der Waals surface area contributed by atoms with Gasteiger partial charge in [0.1, 0.15) is 11.6 Å². The summed E-state index contributed by atoms with van der Waals surface area (Å²) in [5, 5.41) is 7.49. The highest BCUT2D eigenvalue weighted by atomic mass is 19.4. The van der Waals surface area contributed by atoms with Gasteiger partial charge in [-0.1, -0.05) is 0 Å². The molecule has 5 heterocycles. The van der Waals surface area contributed by atoms with Crippen molar-refractivity contribution in [2.75, 3.05) is 24.6 Å². The summed E-state index contributed by atoms with van der Waals surface area (Å²) < 4.78 is 40.3. The van der Waals surface area contributed by atoms with Crippen molar-refractivity contribution in [3.05, 3.63) is 30.1 Å². The number of hydrogen-bond acceptors (Lipinski definition) is 7. The summed E-state index contributed by atoms with van der Waals surface area (Å²) in [5.41, 5.74) is 9.96. The fourth-order valence-electron chi connectivity index (χ4n) is 4.73. The van der Waals surface area contributed by atoms with E-state index >= 15 is 0 Å². The number of anilines is 2. The van der Waals surface area contributed by atoms with Gasteiger partial charge in [0.25, 0.3) is 0 Å². The summed E-state index contributed by atoms with van der Waals surface area (Å²) in [6.45, 7) is 2.47. The van der Waals surface area contributed by atoms with Crippen molar-refractivity contribution in [1.29, 1.82) is 0 Å². The number of amides is 1. The number of carbonyl (C=O) groups is 1. The average molecular weight is 487 g/mol. The third-order valence-corrected chi connectivity index (χ3v) is 6.46. The van der Waals surface area contributed by atoms with Crippen LogP contribution in [0.3, 0.4) is 0 Å². The number of aromatic nitrogens is 4. The zero-order chi connectivity index (χ0) is 24.9. The van der Waals surface area contributed by atoms with E-state index in [4.69, 9.17) is 10.7 Å². The normalized spacial score (nSPS) is 20.3. The molecular formula is C23H25F3N8O. The molecule has 35 heavy (non-hydrogen) atoms. The van der Waals surface area contributed by atoms with Crippen molar-refractivity contribution in [1.82, 2.24) is 24.5 Å². The maximum atomic E-state index is 12.9. The number of carbonyl (C=O) groups excluding carboxylic acids is 1. The van der Waals surface area contributed by atoms with Crippen molar-refractivity contribution in [3.63, 3.8) is 0 Å². The number of likely N-dealkylation sites (N-methyl/N-ethyl adjacent to an activating group) is 1. The molecule has 3 N–H and O–H groups in total. The van der Waals surface area contributed by atoms with Crippen LogP contribution in [-0.4, -0.2) is 61.9 Å². The largest absolute Gasteiger partial charge is 0.389 e. The lowest BCUT2D eigenvalue weighted by molar-refractivity contribution is -0.136. The summed E-state index contributed by atoms with van der Waals surface area (Å²) in [6.07, 6.45) is -2.36. The number of nitrogens with two attached hydrogens (primary N) is 1. The summed E-state index contributed by atoms with van der Waals surface area (Å²) in [5.74, 6) is 0.0330. The Morgan fingerprint density at radius 2 is 2.03 bits per heavy atom. The van der Waals surface area contributed by atoms with Gasteiger partial charge < -0.3 is 16.0 Å². The highest BCUT2D eigenvalue weighted by Crippen LogP contribution is 2.40. The van der Waals surface area contributed by atoms with Gasteiger partial charge in [-0.15, -0.1) is 5.10 Å². The molecule has 0 aliphatic carbocycles. The van der Waals surface area contributed by atoms with Crippen LogP contribution in [0.4, 0.5) is 30.6 Å². The van der Waals surface area contributed by atoms with Crippen LogP contribution in [0.2, 0.25) is 0 Å². The van der Waals surface area contributed by atoms with E-state index in [0.29, 0.717) is 47.5 Å². The molecule has 0 spiro atoms. The second kappa shape index (κ2) is 8.51. The van der Waals surface area contributed by atoms with E-state index in [9.17, 15) is 18.0 Å². The molecule has 0 saturated carbocycles. The van der Waals surface area contributed by atoms with Gasteiger partial charge in [0.2, 0.25) is 11.9 Å². The Morgan fingerprint density at radius 3 is 2.74 bits per heavy atom. The predicted octanol–water partition coefficient (Wildman–Crippen LogP) is 3.94. The number of rotatable bonds is 5. The van der Waals surface area contributed by atoms with Gasteiger partial charge in [0.05, 0.1) is 17.1 Å². The number of halogens is 3. The SMILES string of the molecule is CC1=Nc2ccc(-c3ccn4nc(N[C@@H]5CCN(C)C5=O)nc(N)c34)nc2C(CCC(F)(F)F)C1. The molecule has 0 bridgehead atoms. The molecule has 1 amide bonds. The van der Waals surface area contributed by atoms with Gasteiger partial charge in [-0.05, 0) is 44.4 Å². The molecular weight excluding hydrogens is 461 g/mol. The molecule has 0 radical (unpaired) electrons. The Bertz CT molecular complexity index is 1330. The number of nitrogens with one attached hydrogen (secondary N) is 1. The maximum Gasteiger partial charge on any atom is 0.389 e. The van der Waals surface area contributed by atoms with E-state index in [1.165, 1.54) is 0 Å². The van der Waals surface area contributed by atoms with E-state index in [1.807, 2.05) is 6.92 Å². The van der Waals surface area contributed by atoms with Crippen LogP contribution in [0, 0.1) is 0 Å². The monoisotopic (exact) mass is 486 g/mol. The minimum atomic E-state index is -4.23. The molecule has 3 aromatic rings. The van der Waals surface area contributed by atoms with Crippen LogP contribution >= 0.6 is 0 Å². The van der Waals surface area contributed by atoms with Crippen molar-refractivity contribution >= 4 is 34.6 Å². The van der Waals surface area contributed by atoms with Crippen molar-refractivity contribution in [2.24, 2.45) is 4.99 Å². The Kier molecular flexibility index (Phi) is 5.60. The molecule has 5 rings (SSSR count). The van der Waals surface area contributed by atoms with Gasteiger partial charge in [-0.25, -0.2) is 4.52 Å². The molecule has 9 nitrogen and oxygen atoms in total. The number of aliphatic imine (C=N–C) groups is 1. The second-order valence-electron chi connectivity index (χ2n) is 9.09. The molecule has 1 unspecified atom stereocenters. The molecule has 1 saturated heterocycles. The van der Waals surface area contributed by atoms with Gasteiger partial charge in [0.15, 0.2) is 5.82 Å². The number of likely N-dealkylation sites (tertiary alicyclic amines) is 1. The predicted molar refractivity (Wildman–Crippen MR) is 126 cm³/mol. The lowest BCUT2D eigenvalue weighted by atomic mass is 9.89. The van der Waals surface area contributed by atoms with Gasteiger partial charge in [0, 0.05) is 43.4 Å². The van der Waals surface area contributed by atoms with Crippen molar-refractivity contribution in [2.45, 2.75) is 50.7 Å². The fraction of sp³-hybridized carbons (Fsp3) is 0.435. The minimum absolute atomic E-state index is 0.0308. The first-order valence-electron chi connectivity index (χ1n) is 11.4. The van der Waals surface area contributed by atoms with E-state index in [1.54, 1.807) is 40.9 Å². The van der Waals surface area contributed by atoms with Crippen LogP contribution in [0.5, 0.6) is 0 Å². The first kappa shape index (κ1) is 23.1. The number of pyridine rings is 1. The van der Waals surface area contributed by atoms with E-state index < -0.39 is 18.6 Å². The van der Waals surface area contributed by atoms with Crippen LogP contribution in [-0.2, 0) is 4.79 Å². The molecule has 3 aromatic heterocycles. The van der Waals surface area contributed by atoms with E-state index in [-0.39, 0.29) is 30.0 Å². The second-order valence-corrected chi connectivity index (χ2v) is 9.09. The molecule has 1 fully saturated rings. The van der Waals surface area contributed by atoms with E-state index in [0.717, 1.165) is 5.71 Å². The topological polar surface area (TPSA) is 114 Å². The Morgan fingerprint density at radius 1 is 1.23 bits per heavy atom. The molecule has 2 atom stereocenters. The summed E-state index contributed by atoms with van der Waals surface area (Å²) in [4.78, 5) is 27.4. The van der Waals surface area contributed by atoms with Crippen LogP contribution in [0.25, 0.3) is 16.8 Å². The molecule has 2 aliphatic heterocycles. The molecule has 0 aromatic carbocycles. The highest BCUT2D eigenvalue weighted by molar-refractivity contribution is 5.90. The van der Waals surface area contributed by atoms with Gasteiger partial charge in [-0.2, -0.15) is 18.2 Å². The lowest BCUT2D eigenvalue weighted by Gasteiger charge is -2.23. The smallest absolute Gasteiger partial charge is 0.382 e. The molecule has 12 heteroatoms. The van der Waals surface area contributed by atoms with Crippen LogP contribution in [0.15, 0.2) is 29.4 Å². The Labute approximate surface area is 199 Å². The number of hydrogen-bond donors (Lipinski definition) is 2. The lowest BCUT2D eigenvalue weighted by Crippen LogP contribution is -2.31. The molecule has 2 aliphatic rings. The quantitative estimate of drug-likeness (QED) is 0.565. The Balaban J connectivity index is 1.47. The molecule has 184 valence electrons. The van der Waals surface area contributed by atoms with E-state index in [2.05, 4.69) is 20.4 Å².